The van der Waals surface area contributed by atoms with Crippen LogP contribution in [0, 0.1) is 12.1 Å². The molecular formula is C52H40N12Pt2+4. The third-order valence-electron chi connectivity index (χ3n) is 13.3. The van der Waals surface area contributed by atoms with Gasteiger partial charge >= 0.3 is 54.1 Å². The molecule has 0 bridgehead atoms. The zero-order valence-electron chi connectivity index (χ0n) is 36.7. The van der Waals surface area contributed by atoms with Gasteiger partial charge in [-0.3, -0.25) is 19.9 Å². The molecule has 0 fully saturated rings. The summed E-state index contributed by atoms with van der Waals surface area (Å²) in [4.78, 5) is 17.9. The molecule has 0 amide bonds. The second kappa shape index (κ2) is 17.1. The molecular weight excluding hydrogens is 1180 g/mol. The first kappa shape index (κ1) is 44.3. The molecule has 8 heterocycles. The van der Waals surface area contributed by atoms with Crippen molar-refractivity contribution in [1.29, 1.82) is 0 Å². The third-order valence-corrected chi connectivity index (χ3v) is 13.3. The van der Waals surface area contributed by atoms with E-state index in [1.54, 1.807) is 12.4 Å². The van der Waals surface area contributed by atoms with Crippen LogP contribution in [0.2, 0.25) is 0 Å². The van der Waals surface area contributed by atoms with Crippen LogP contribution in [0.1, 0.15) is 72.5 Å². The maximum Gasteiger partial charge on any atom is 2.00 e. The zero-order valence-corrected chi connectivity index (χ0v) is 41.2. The molecule has 12 nitrogen and oxygen atoms in total. The van der Waals surface area contributed by atoms with Crippen LogP contribution in [0.4, 0.5) is 11.4 Å². The van der Waals surface area contributed by atoms with Gasteiger partial charge in [-0.15, -0.1) is 23.3 Å². The molecule has 0 atom stereocenters. The molecule has 0 saturated heterocycles. The first-order valence-electron chi connectivity index (χ1n) is 20.9. The molecule has 0 spiro atoms. The summed E-state index contributed by atoms with van der Waals surface area (Å²) in [5, 5.41) is 17.4. The molecule has 2 aliphatic heterocycles. The van der Waals surface area contributed by atoms with Crippen LogP contribution >= 0.6 is 0 Å². The molecule has 324 valence electrons. The van der Waals surface area contributed by atoms with Gasteiger partial charge in [0.1, 0.15) is 11.4 Å². The van der Waals surface area contributed by atoms with Gasteiger partial charge in [0, 0.05) is 88.7 Å². The van der Waals surface area contributed by atoms with Crippen molar-refractivity contribution in [3.63, 3.8) is 0 Å². The number of nitrogens with zero attached hydrogens (tertiary/aromatic N) is 12. The van der Waals surface area contributed by atoms with E-state index in [9.17, 15) is 0 Å². The monoisotopic (exact) mass is 1220 g/mol. The van der Waals surface area contributed by atoms with Gasteiger partial charge < -0.3 is 20.4 Å². The molecule has 14 heteroatoms. The SMILES string of the molecule is CC1=C(C)[N+](c2[c-]c(C3(c4cc[n-]n4)c4cnccc4-c4ccncc43)ccc2)=C=[N+]1C.CC1=C(C)[N+](c2[c-]c(C3(c4cc[n-]n4)c4cnccc4-c4ccncc43)ccc2)=C=[N+]1C.[Pt+2].[Pt+2]. The average Bonchev–Trinajstić information content (AvgIpc) is 4.22. The van der Waals surface area contributed by atoms with E-state index in [-0.39, 0.29) is 42.1 Å². The molecule has 2 aromatic carbocycles. The van der Waals surface area contributed by atoms with Gasteiger partial charge in [-0.25, -0.2) is 0 Å². The van der Waals surface area contributed by atoms with Gasteiger partial charge in [-0.2, -0.15) is 36.7 Å². The molecule has 0 N–H and O–H groups in total. The van der Waals surface area contributed by atoms with Crippen molar-refractivity contribution in [2.75, 3.05) is 14.1 Å². The van der Waals surface area contributed by atoms with Gasteiger partial charge in [0.05, 0.1) is 10.8 Å². The van der Waals surface area contributed by atoms with E-state index < -0.39 is 10.8 Å². The molecule has 0 saturated carbocycles. The van der Waals surface area contributed by atoms with Crippen LogP contribution in [0.5, 0.6) is 0 Å². The van der Waals surface area contributed by atoms with Crippen LogP contribution in [0.15, 0.2) is 158 Å². The summed E-state index contributed by atoms with van der Waals surface area (Å²) in [6, 6.07) is 38.8. The molecule has 8 aromatic rings. The van der Waals surface area contributed by atoms with Crippen molar-refractivity contribution in [2.45, 2.75) is 38.5 Å². The number of hydrogen-bond acceptors (Lipinski definition) is 6. The number of allylic oxidation sites excluding steroid dienone is 4. The minimum atomic E-state index is -0.696. The topological polar surface area (TPSA) is 118 Å². The third kappa shape index (κ3) is 6.43. The molecule has 12 rings (SSSR count). The number of pyridine rings is 4. The van der Waals surface area contributed by atoms with E-state index in [2.05, 4.69) is 153 Å². The second-order valence-corrected chi connectivity index (χ2v) is 16.2. The maximum atomic E-state index is 4.54. The van der Waals surface area contributed by atoms with E-state index in [1.807, 2.05) is 94.1 Å². The van der Waals surface area contributed by atoms with Gasteiger partial charge in [0.25, 0.3) is 22.8 Å². The molecule has 0 radical (unpaired) electrons. The minimum absolute atomic E-state index is 0. The average molecular weight is 1220 g/mol. The minimum Gasteiger partial charge on any atom is -0.581 e. The fraction of sp³-hybridized carbons (Fsp3) is 0.154. The van der Waals surface area contributed by atoms with Crippen molar-refractivity contribution in [1.82, 2.24) is 40.3 Å². The molecule has 4 aliphatic rings. The number of rotatable bonds is 6. The Morgan fingerprint density at radius 3 is 1.11 bits per heavy atom. The van der Waals surface area contributed by atoms with Crippen LogP contribution in [0.3, 0.4) is 0 Å². The van der Waals surface area contributed by atoms with Crippen molar-refractivity contribution in [3.05, 3.63) is 214 Å². The Balaban J connectivity index is 0.000000161. The van der Waals surface area contributed by atoms with E-state index in [0.717, 1.165) is 101 Å². The number of benzene rings is 2. The Bertz CT molecular complexity index is 3120. The normalized spacial score (nSPS) is 15.5. The van der Waals surface area contributed by atoms with Crippen LogP contribution in [-0.4, -0.2) is 74.5 Å². The summed E-state index contributed by atoms with van der Waals surface area (Å²) in [5.74, 6) is 0. The number of fused-ring (bicyclic) bond motifs is 6. The quantitative estimate of drug-likeness (QED) is 0.125. The summed E-state index contributed by atoms with van der Waals surface area (Å²) in [6.45, 7) is 8.37. The summed E-state index contributed by atoms with van der Waals surface area (Å²) < 4.78 is 8.10. The van der Waals surface area contributed by atoms with E-state index in [1.165, 1.54) is 0 Å². The second-order valence-electron chi connectivity index (χ2n) is 16.2. The Kier molecular flexibility index (Phi) is 11.5. The van der Waals surface area contributed by atoms with Crippen molar-refractivity contribution >= 4 is 23.4 Å². The van der Waals surface area contributed by atoms with Crippen LogP contribution < -0.4 is 10.2 Å². The smallest absolute Gasteiger partial charge is 0.581 e. The molecule has 6 aromatic heterocycles. The summed E-state index contributed by atoms with van der Waals surface area (Å²) in [7, 11) is 4.01. The zero-order chi connectivity index (χ0) is 43.7. The maximum absolute atomic E-state index is 4.54. The van der Waals surface area contributed by atoms with Crippen molar-refractivity contribution < 1.29 is 60.4 Å². The standard InChI is InChI=1S/2C26H20N6.2Pt/c2*1-17-18(2)32(16-31(17)3)20-6-4-5-19(13-20)26(25-9-12-29-30-25)23-14-27-10-7-21(23)22-8-11-28-15-24(22)26;;/h2*4-12,14-15H,1-3H3;;/q;;2*+2. The number of aromatic nitrogens is 8. The van der Waals surface area contributed by atoms with E-state index >= 15 is 0 Å². The first-order chi connectivity index (χ1) is 31.2. The van der Waals surface area contributed by atoms with Crippen molar-refractivity contribution in [2.24, 2.45) is 0 Å². The van der Waals surface area contributed by atoms with Gasteiger partial charge in [-0.05, 0) is 68.8 Å². The Hall–Kier alpha value is -6.92. The summed E-state index contributed by atoms with van der Waals surface area (Å²) in [6.07, 6.45) is 18.5. The largest absolute Gasteiger partial charge is 2.00 e. The first-order valence-corrected chi connectivity index (χ1v) is 20.9. The fourth-order valence-electron chi connectivity index (χ4n) is 9.77. The Morgan fingerprint density at radius 2 is 0.818 bits per heavy atom. The fourth-order valence-corrected chi connectivity index (χ4v) is 9.77. The predicted octanol–water partition coefficient (Wildman–Crippen LogP) is 7.43. The molecule has 0 unspecified atom stereocenters. The van der Waals surface area contributed by atoms with Crippen molar-refractivity contribution in [3.8, 4) is 22.3 Å². The van der Waals surface area contributed by atoms with Crippen LogP contribution in [-0.2, 0) is 53.0 Å². The van der Waals surface area contributed by atoms with Gasteiger partial charge in [0.15, 0.2) is 14.1 Å². The Labute approximate surface area is 410 Å². The molecule has 66 heavy (non-hydrogen) atoms. The van der Waals surface area contributed by atoms with Gasteiger partial charge in [-0.1, -0.05) is 42.6 Å². The predicted molar refractivity (Wildman–Crippen MR) is 238 cm³/mol. The Morgan fingerprint density at radius 1 is 0.470 bits per heavy atom. The van der Waals surface area contributed by atoms with Gasteiger partial charge in [0.2, 0.25) is 0 Å². The summed E-state index contributed by atoms with van der Waals surface area (Å²) in [5.41, 5.74) is 17.4. The number of hydrogen-bond donors (Lipinski definition) is 0. The molecule has 2 aliphatic carbocycles. The summed E-state index contributed by atoms with van der Waals surface area (Å²) >= 11 is 0. The van der Waals surface area contributed by atoms with E-state index in [4.69, 9.17) is 0 Å². The van der Waals surface area contributed by atoms with Crippen LogP contribution in [0.25, 0.3) is 22.3 Å². The van der Waals surface area contributed by atoms with E-state index in [0.29, 0.717) is 0 Å².